The van der Waals surface area contributed by atoms with Gasteiger partial charge in [-0.2, -0.15) is 0 Å². The monoisotopic (exact) mass is 347 g/mol. The molecule has 1 atom stereocenters. The van der Waals surface area contributed by atoms with E-state index in [1.165, 1.54) is 0 Å². The summed E-state index contributed by atoms with van der Waals surface area (Å²) in [5, 5.41) is 0. The zero-order valence-corrected chi connectivity index (χ0v) is 14.6. The van der Waals surface area contributed by atoms with Gasteiger partial charge >= 0.3 is 0 Å². The molecule has 2 heterocycles. The highest BCUT2D eigenvalue weighted by molar-refractivity contribution is 5.79. The summed E-state index contributed by atoms with van der Waals surface area (Å²) in [6, 6.07) is 15.8. The molecule has 0 bridgehead atoms. The first-order valence-corrected chi connectivity index (χ1v) is 8.78. The third-order valence-corrected chi connectivity index (χ3v) is 5.10. The average Bonchev–Trinajstić information content (AvgIpc) is 3.06. The van der Waals surface area contributed by atoms with Gasteiger partial charge in [0.05, 0.1) is 5.92 Å². The lowest BCUT2D eigenvalue weighted by molar-refractivity contribution is -0.122. The van der Waals surface area contributed by atoms with Crippen LogP contribution in [0.25, 0.3) is 0 Å². The molecule has 3 aromatic rings. The maximum Gasteiger partial charge on any atom is 0.221 e. The van der Waals surface area contributed by atoms with Gasteiger partial charge in [0, 0.05) is 36.0 Å². The lowest BCUT2D eigenvalue weighted by atomic mass is 9.77. The van der Waals surface area contributed by atoms with Crippen LogP contribution in [0.5, 0.6) is 11.5 Å². The fourth-order valence-corrected chi connectivity index (χ4v) is 3.77. The Hall–Kier alpha value is -3.08. The van der Waals surface area contributed by atoms with Crippen LogP contribution in [0, 0.1) is 12.8 Å². The molecular weight excluding hydrogens is 326 g/mol. The van der Waals surface area contributed by atoms with Gasteiger partial charge in [0.25, 0.3) is 0 Å². The van der Waals surface area contributed by atoms with Gasteiger partial charge in [0.2, 0.25) is 5.91 Å². The summed E-state index contributed by atoms with van der Waals surface area (Å²) in [5.74, 6) is 1.78. The van der Waals surface area contributed by atoms with E-state index in [-0.39, 0.29) is 17.7 Å². The van der Waals surface area contributed by atoms with Gasteiger partial charge in [-0.05, 0) is 25.5 Å². The van der Waals surface area contributed by atoms with Crippen molar-refractivity contribution in [3.05, 3.63) is 77.9 Å². The van der Waals surface area contributed by atoms with Gasteiger partial charge in [-0.25, -0.2) is 4.98 Å². The Morgan fingerprint density at radius 3 is 2.31 bits per heavy atom. The third-order valence-electron chi connectivity index (χ3n) is 5.10. The normalized spacial score (nSPS) is 14.2. The molecule has 0 saturated heterocycles. The van der Waals surface area contributed by atoms with Crippen LogP contribution >= 0.6 is 0 Å². The third kappa shape index (κ3) is 2.86. The number of primary amides is 1. The second kappa shape index (κ2) is 6.67. The molecule has 0 radical (unpaired) electrons. The molecule has 1 aliphatic rings. The molecule has 0 spiro atoms. The van der Waals surface area contributed by atoms with Crippen molar-refractivity contribution in [3.63, 3.8) is 0 Å². The number of aromatic nitrogens is 2. The zero-order chi connectivity index (χ0) is 18.1. The number of hydrogen-bond donors (Lipinski definition) is 1. The molecule has 4 rings (SSSR count). The number of ether oxygens (including phenoxy) is 1. The Bertz CT molecular complexity index is 902. The molecule has 132 valence electrons. The predicted octanol–water partition coefficient (Wildman–Crippen LogP) is 3.62. The van der Waals surface area contributed by atoms with Crippen molar-refractivity contribution in [2.45, 2.75) is 25.8 Å². The number of fused-ring (bicyclic) bond motifs is 2. The highest BCUT2D eigenvalue weighted by Gasteiger charge is 2.35. The fraction of sp³-hybridized carbons (Fsp3) is 0.238. The number of carbonyl (C=O) groups excluding carboxylic acids is 1. The number of benzene rings is 2. The number of amides is 1. The molecule has 5 heteroatoms. The van der Waals surface area contributed by atoms with Crippen molar-refractivity contribution in [1.29, 1.82) is 0 Å². The second-order valence-electron chi connectivity index (χ2n) is 6.62. The molecule has 0 aliphatic carbocycles. The summed E-state index contributed by atoms with van der Waals surface area (Å²) in [6.45, 7) is 2.65. The fourth-order valence-electron chi connectivity index (χ4n) is 3.77. The van der Waals surface area contributed by atoms with Crippen molar-refractivity contribution in [2.24, 2.45) is 11.7 Å². The summed E-state index contributed by atoms with van der Waals surface area (Å²) < 4.78 is 8.09. The first kappa shape index (κ1) is 16.4. The van der Waals surface area contributed by atoms with Gasteiger partial charge in [-0.3, -0.25) is 4.79 Å². The van der Waals surface area contributed by atoms with Crippen LogP contribution in [0.15, 0.2) is 60.9 Å². The Kier molecular flexibility index (Phi) is 4.21. The quantitative estimate of drug-likeness (QED) is 0.766. The number of hydrogen-bond acceptors (Lipinski definition) is 3. The minimum absolute atomic E-state index is 0.113. The SMILES string of the molecule is Cc1nccn1CCC(C(N)=O)C1c2ccccc2Oc2ccccc21. The van der Waals surface area contributed by atoms with E-state index in [4.69, 9.17) is 10.5 Å². The van der Waals surface area contributed by atoms with Crippen molar-refractivity contribution in [3.8, 4) is 11.5 Å². The summed E-state index contributed by atoms with van der Waals surface area (Å²) in [6.07, 6.45) is 4.34. The molecule has 1 unspecified atom stereocenters. The van der Waals surface area contributed by atoms with Crippen LogP contribution in [0.1, 0.15) is 29.3 Å². The Labute approximate surface area is 152 Å². The van der Waals surface area contributed by atoms with Crippen LogP contribution < -0.4 is 10.5 Å². The largest absolute Gasteiger partial charge is 0.457 e. The van der Waals surface area contributed by atoms with E-state index in [2.05, 4.69) is 4.98 Å². The lowest BCUT2D eigenvalue weighted by Gasteiger charge is -2.32. The van der Waals surface area contributed by atoms with Crippen LogP contribution in [-0.2, 0) is 11.3 Å². The van der Waals surface area contributed by atoms with Gasteiger partial charge in [0.15, 0.2) is 0 Å². The molecule has 0 fully saturated rings. The second-order valence-corrected chi connectivity index (χ2v) is 6.62. The summed E-state index contributed by atoms with van der Waals surface area (Å²) in [4.78, 5) is 16.7. The van der Waals surface area contributed by atoms with Crippen molar-refractivity contribution in [2.75, 3.05) is 0 Å². The number of aryl methyl sites for hydroxylation is 2. The Balaban J connectivity index is 1.73. The molecule has 5 nitrogen and oxygen atoms in total. The molecule has 1 aliphatic heterocycles. The van der Waals surface area contributed by atoms with E-state index in [9.17, 15) is 4.79 Å². The Morgan fingerprint density at radius 2 is 1.77 bits per heavy atom. The topological polar surface area (TPSA) is 70.1 Å². The maximum atomic E-state index is 12.4. The minimum Gasteiger partial charge on any atom is -0.457 e. The number of nitrogens with zero attached hydrogens (tertiary/aromatic N) is 2. The number of para-hydroxylation sites is 2. The van der Waals surface area contributed by atoms with Gasteiger partial charge in [-0.15, -0.1) is 0 Å². The van der Waals surface area contributed by atoms with Crippen LogP contribution in [0.3, 0.4) is 0 Å². The van der Waals surface area contributed by atoms with Gasteiger partial charge in [-0.1, -0.05) is 36.4 Å². The van der Waals surface area contributed by atoms with Crippen molar-refractivity contribution >= 4 is 5.91 Å². The molecule has 0 saturated carbocycles. The number of nitrogens with two attached hydrogens (primary N) is 1. The van der Waals surface area contributed by atoms with E-state index >= 15 is 0 Å². The zero-order valence-electron chi connectivity index (χ0n) is 14.6. The maximum absolute atomic E-state index is 12.4. The van der Waals surface area contributed by atoms with Crippen LogP contribution in [0.2, 0.25) is 0 Å². The highest BCUT2D eigenvalue weighted by Crippen LogP contribution is 2.48. The van der Waals surface area contributed by atoms with Gasteiger partial charge in [0.1, 0.15) is 17.3 Å². The van der Waals surface area contributed by atoms with E-state index in [0.29, 0.717) is 13.0 Å². The van der Waals surface area contributed by atoms with E-state index in [0.717, 1.165) is 28.5 Å². The van der Waals surface area contributed by atoms with Gasteiger partial charge < -0.3 is 15.0 Å². The van der Waals surface area contributed by atoms with Crippen LogP contribution in [0.4, 0.5) is 0 Å². The summed E-state index contributed by atoms with van der Waals surface area (Å²) in [5.41, 5.74) is 7.88. The van der Waals surface area contributed by atoms with E-state index in [1.54, 1.807) is 6.20 Å². The molecule has 2 aromatic carbocycles. The van der Waals surface area contributed by atoms with Crippen molar-refractivity contribution < 1.29 is 9.53 Å². The molecule has 1 aromatic heterocycles. The average molecular weight is 347 g/mol. The number of carbonyl (C=O) groups is 1. The predicted molar refractivity (Wildman–Crippen MR) is 99.1 cm³/mol. The Morgan fingerprint density at radius 1 is 1.15 bits per heavy atom. The van der Waals surface area contributed by atoms with E-state index < -0.39 is 0 Å². The molecular formula is C21H21N3O2. The minimum atomic E-state index is -0.331. The standard InChI is InChI=1S/C21H21N3O2/c1-14-23-11-13-24(14)12-10-17(21(22)25)20-15-6-2-4-8-18(15)26-19-9-5-3-7-16(19)20/h2-9,11,13,17,20H,10,12H2,1H3,(H2,22,25). The van der Waals surface area contributed by atoms with Crippen molar-refractivity contribution in [1.82, 2.24) is 9.55 Å². The lowest BCUT2D eigenvalue weighted by Crippen LogP contribution is -2.32. The first-order valence-electron chi connectivity index (χ1n) is 8.78. The first-order chi connectivity index (χ1) is 12.6. The highest BCUT2D eigenvalue weighted by atomic mass is 16.5. The number of imidazole rings is 1. The smallest absolute Gasteiger partial charge is 0.221 e. The summed E-state index contributed by atoms with van der Waals surface area (Å²) in [7, 11) is 0. The molecule has 2 N–H and O–H groups in total. The van der Waals surface area contributed by atoms with Crippen LogP contribution in [-0.4, -0.2) is 15.5 Å². The molecule has 1 amide bonds. The number of rotatable bonds is 5. The molecule has 26 heavy (non-hydrogen) atoms. The van der Waals surface area contributed by atoms with E-state index in [1.807, 2.05) is 66.2 Å². The summed E-state index contributed by atoms with van der Waals surface area (Å²) >= 11 is 0.